The molecular weight excluding hydrogens is 438 g/mol. The molecule has 1 fully saturated rings. The van der Waals surface area contributed by atoms with E-state index in [1.54, 1.807) is 5.56 Å². The first-order valence-corrected chi connectivity index (χ1v) is 9.34. The molecular formula is C23H34Cl2Zr. The van der Waals surface area contributed by atoms with Crippen LogP contribution in [0.1, 0.15) is 90.2 Å². The van der Waals surface area contributed by atoms with Crippen LogP contribution in [0.25, 0.3) is 0 Å². The van der Waals surface area contributed by atoms with Crippen LogP contribution in [0.4, 0.5) is 0 Å². The van der Waals surface area contributed by atoms with Crippen molar-refractivity contribution < 1.29 is 51.0 Å². The maximum absolute atomic E-state index is 3.44. The zero-order valence-corrected chi connectivity index (χ0v) is 21.3. The van der Waals surface area contributed by atoms with Crippen LogP contribution in [0.15, 0.2) is 34.9 Å². The molecule has 0 unspecified atom stereocenters. The molecule has 0 aliphatic heterocycles. The predicted molar refractivity (Wildman–Crippen MR) is 102 cm³/mol. The van der Waals surface area contributed by atoms with Crippen molar-refractivity contribution in [1.29, 1.82) is 0 Å². The molecule has 1 aromatic carbocycles. The van der Waals surface area contributed by atoms with Gasteiger partial charge in [0.05, 0.1) is 0 Å². The molecule has 0 radical (unpaired) electrons. The molecule has 2 aliphatic rings. The zero-order chi connectivity index (χ0) is 17.0. The summed E-state index contributed by atoms with van der Waals surface area (Å²) in [5.41, 5.74) is 7.42. The second-order valence-corrected chi connectivity index (χ2v) is 8.04. The van der Waals surface area contributed by atoms with E-state index in [0.29, 0.717) is 0 Å². The first-order valence-electron chi connectivity index (χ1n) is 9.34. The SMILES string of the molecule is CC1=[C-]C(C)(C)C(C)=C1C.C[c-]1ccc(C2CCCCCC2)c1.[Cl-].[Cl-].[Zr+4]. The van der Waals surface area contributed by atoms with Crippen molar-refractivity contribution in [3.05, 3.63) is 52.1 Å². The normalized spacial score (nSPS) is 19.1. The number of rotatable bonds is 1. The number of aryl methyl sites for hydroxylation is 1. The fourth-order valence-electron chi connectivity index (χ4n) is 3.86. The van der Waals surface area contributed by atoms with Gasteiger partial charge in [0, 0.05) is 0 Å². The maximum Gasteiger partial charge on any atom is 4.00 e. The van der Waals surface area contributed by atoms with Crippen LogP contribution in [-0.4, -0.2) is 0 Å². The first-order chi connectivity index (χ1) is 10.8. The van der Waals surface area contributed by atoms with Crippen molar-refractivity contribution in [2.24, 2.45) is 5.41 Å². The van der Waals surface area contributed by atoms with Gasteiger partial charge in [0.1, 0.15) is 0 Å². The van der Waals surface area contributed by atoms with Crippen LogP contribution >= 0.6 is 0 Å². The Kier molecular flexibility index (Phi) is 13.9. The quantitative estimate of drug-likeness (QED) is 0.427. The van der Waals surface area contributed by atoms with Gasteiger partial charge in [-0.1, -0.05) is 84.5 Å². The second-order valence-electron chi connectivity index (χ2n) is 8.04. The third kappa shape index (κ3) is 7.73. The second kappa shape index (κ2) is 12.7. The van der Waals surface area contributed by atoms with Crippen molar-refractivity contribution in [3.63, 3.8) is 0 Å². The third-order valence-electron chi connectivity index (χ3n) is 5.82. The van der Waals surface area contributed by atoms with E-state index in [1.165, 1.54) is 60.8 Å². The Morgan fingerprint density at radius 3 is 1.85 bits per heavy atom. The van der Waals surface area contributed by atoms with Crippen molar-refractivity contribution >= 4 is 0 Å². The molecule has 0 aromatic heterocycles. The summed E-state index contributed by atoms with van der Waals surface area (Å²) in [7, 11) is 0. The Morgan fingerprint density at radius 1 is 1.00 bits per heavy atom. The van der Waals surface area contributed by atoms with E-state index in [4.69, 9.17) is 0 Å². The molecule has 144 valence electrons. The molecule has 26 heavy (non-hydrogen) atoms. The summed E-state index contributed by atoms with van der Waals surface area (Å²) < 4.78 is 0. The summed E-state index contributed by atoms with van der Waals surface area (Å²) in [5, 5.41) is 0. The van der Waals surface area contributed by atoms with Gasteiger partial charge in [0.25, 0.3) is 0 Å². The molecule has 0 nitrogen and oxygen atoms in total. The fourth-order valence-corrected chi connectivity index (χ4v) is 3.86. The first kappa shape index (κ1) is 28.5. The Morgan fingerprint density at radius 2 is 1.54 bits per heavy atom. The van der Waals surface area contributed by atoms with Gasteiger partial charge in [-0.2, -0.15) is 34.4 Å². The monoisotopic (exact) mass is 470 g/mol. The van der Waals surface area contributed by atoms with E-state index in [2.05, 4.69) is 65.8 Å². The van der Waals surface area contributed by atoms with Crippen LogP contribution in [0.5, 0.6) is 0 Å². The molecule has 0 amide bonds. The van der Waals surface area contributed by atoms with Crippen molar-refractivity contribution in [2.75, 3.05) is 0 Å². The standard InChI is InChI=1S/C13H19.C10H15.2ClH.Zr/c1-11-8-9-13(10-11)12-6-4-2-3-5-7-12;1-7-6-10(4,5)9(3)8(7)2;;;/h8-10,12H,2-7H2,1H3;1-5H3;2*1H;/q2*-1;;;+4/p-2. The molecule has 0 N–H and O–H groups in total. The minimum absolute atomic E-state index is 0. The van der Waals surface area contributed by atoms with E-state index >= 15 is 0 Å². The molecule has 0 heterocycles. The zero-order valence-electron chi connectivity index (χ0n) is 17.3. The van der Waals surface area contributed by atoms with Crippen molar-refractivity contribution in [3.8, 4) is 0 Å². The summed E-state index contributed by atoms with van der Waals surface area (Å²) in [6, 6.07) is 6.95. The van der Waals surface area contributed by atoms with E-state index in [0.717, 1.165) is 5.92 Å². The summed E-state index contributed by atoms with van der Waals surface area (Å²) in [6.07, 6.45) is 12.1. The van der Waals surface area contributed by atoms with Crippen LogP contribution in [0.3, 0.4) is 0 Å². The molecule has 0 bridgehead atoms. The molecule has 0 saturated heterocycles. The summed E-state index contributed by atoms with van der Waals surface area (Å²) in [6.45, 7) is 13.1. The minimum atomic E-state index is 0. The predicted octanol–water partition coefficient (Wildman–Crippen LogP) is 1.27. The Hall–Kier alpha value is 0.293. The molecule has 0 spiro atoms. The molecule has 2 aliphatic carbocycles. The van der Waals surface area contributed by atoms with Gasteiger partial charge in [-0.15, -0.1) is 6.92 Å². The van der Waals surface area contributed by atoms with Gasteiger partial charge in [-0.3, -0.25) is 6.08 Å². The van der Waals surface area contributed by atoms with E-state index in [1.807, 2.05) is 0 Å². The van der Waals surface area contributed by atoms with Crippen molar-refractivity contribution in [2.45, 2.75) is 86.0 Å². The van der Waals surface area contributed by atoms with Gasteiger partial charge in [0.15, 0.2) is 0 Å². The minimum Gasteiger partial charge on any atom is -1.00 e. The van der Waals surface area contributed by atoms with Crippen molar-refractivity contribution in [1.82, 2.24) is 0 Å². The van der Waals surface area contributed by atoms with Gasteiger partial charge < -0.3 is 24.8 Å². The smallest absolute Gasteiger partial charge is 1.00 e. The number of halogens is 2. The van der Waals surface area contributed by atoms with Crippen LogP contribution in [0, 0.1) is 18.4 Å². The van der Waals surface area contributed by atoms with Crippen LogP contribution in [0.2, 0.25) is 0 Å². The fraction of sp³-hybridized carbons (Fsp3) is 0.609. The molecule has 3 rings (SSSR count). The molecule has 1 saturated carbocycles. The Bertz CT molecular complexity index is 585. The number of hydrogen-bond acceptors (Lipinski definition) is 0. The van der Waals surface area contributed by atoms with Gasteiger partial charge in [-0.25, -0.2) is 11.6 Å². The van der Waals surface area contributed by atoms with Gasteiger partial charge in [-0.05, 0) is 0 Å². The summed E-state index contributed by atoms with van der Waals surface area (Å²) in [5.74, 6) is 0.871. The Labute approximate surface area is 193 Å². The molecule has 1 aromatic rings. The Balaban J connectivity index is 0. The van der Waals surface area contributed by atoms with E-state index in [9.17, 15) is 0 Å². The third-order valence-corrected chi connectivity index (χ3v) is 5.82. The number of allylic oxidation sites excluding steroid dienone is 4. The molecule has 0 atom stereocenters. The van der Waals surface area contributed by atoms with E-state index < -0.39 is 0 Å². The average Bonchev–Trinajstić information content (AvgIpc) is 2.84. The van der Waals surface area contributed by atoms with Crippen LogP contribution < -0.4 is 24.8 Å². The topological polar surface area (TPSA) is 0 Å². The maximum atomic E-state index is 3.44. The van der Waals surface area contributed by atoms with E-state index in [-0.39, 0.29) is 56.4 Å². The summed E-state index contributed by atoms with van der Waals surface area (Å²) >= 11 is 0. The van der Waals surface area contributed by atoms with Gasteiger partial charge in [0.2, 0.25) is 0 Å². The van der Waals surface area contributed by atoms with Crippen LogP contribution in [-0.2, 0) is 26.2 Å². The molecule has 3 heteroatoms. The largest absolute Gasteiger partial charge is 4.00 e. The average molecular weight is 473 g/mol. The summed E-state index contributed by atoms with van der Waals surface area (Å²) in [4.78, 5) is 0. The number of hydrogen-bond donors (Lipinski definition) is 0. The van der Waals surface area contributed by atoms with Gasteiger partial charge >= 0.3 is 26.2 Å².